The Kier molecular flexibility index (Phi) is 5.20. The summed E-state index contributed by atoms with van der Waals surface area (Å²) in [5.74, 6) is 0. The highest BCUT2D eigenvalue weighted by molar-refractivity contribution is 5.96. The molecule has 0 N–H and O–H groups in total. The lowest BCUT2D eigenvalue weighted by Crippen LogP contribution is -2.14. The molecule has 41 heavy (non-hydrogen) atoms. The smallest absolute Gasteiger partial charge is 0.0973 e. The zero-order chi connectivity index (χ0) is 27.6. The van der Waals surface area contributed by atoms with Crippen molar-refractivity contribution in [3.8, 4) is 44.8 Å². The van der Waals surface area contributed by atoms with Gasteiger partial charge >= 0.3 is 0 Å². The molecule has 2 heteroatoms. The van der Waals surface area contributed by atoms with Crippen molar-refractivity contribution in [3.63, 3.8) is 0 Å². The van der Waals surface area contributed by atoms with Crippen LogP contribution in [0.2, 0.25) is 0 Å². The summed E-state index contributed by atoms with van der Waals surface area (Å²) in [4.78, 5) is 10.2. The van der Waals surface area contributed by atoms with Gasteiger partial charge in [0.25, 0.3) is 0 Å². The van der Waals surface area contributed by atoms with E-state index in [1.54, 1.807) is 0 Å². The number of nitrogens with zero attached hydrogens (tertiary/aromatic N) is 2. The Morgan fingerprint density at radius 3 is 1.85 bits per heavy atom. The van der Waals surface area contributed by atoms with Gasteiger partial charge in [-0.1, -0.05) is 111 Å². The van der Waals surface area contributed by atoms with Crippen LogP contribution in [0.25, 0.3) is 66.6 Å². The molecule has 8 rings (SSSR count). The number of para-hydroxylation sites is 2. The minimum absolute atomic E-state index is 0.00444. The Labute approximate surface area is 240 Å². The Hall–Kier alpha value is -5.08. The third-order valence-corrected chi connectivity index (χ3v) is 8.63. The molecule has 0 radical (unpaired) electrons. The van der Waals surface area contributed by atoms with E-state index >= 15 is 0 Å². The van der Waals surface area contributed by atoms with Crippen molar-refractivity contribution in [2.75, 3.05) is 0 Å². The number of rotatable bonds is 3. The molecular weight excluding hydrogens is 496 g/mol. The Bertz CT molecular complexity index is 2120. The van der Waals surface area contributed by atoms with E-state index in [9.17, 15) is 0 Å². The molecule has 0 fully saturated rings. The topological polar surface area (TPSA) is 25.8 Å². The van der Waals surface area contributed by atoms with Crippen LogP contribution in [0.15, 0.2) is 133 Å². The first-order valence-corrected chi connectivity index (χ1v) is 14.2. The van der Waals surface area contributed by atoms with Gasteiger partial charge in [0.15, 0.2) is 0 Å². The van der Waals surface area contributed by atoms with Crippen LogP contribution in [0.5, 0.6) is 0 Å². The van der Waals surface area contributed by atoms with E-state index in [0.29, 0.717) is 0 Å². The summed E-state index contributed by atoms with van der Waals surface area (Å²) in [7, 11) is 0. The van der Waals surface area contributed by atoms with Crippen LogP contribution >= 0.6 is 0 Å². The maximum absolute atomic E-state index is 5.12. The minimum Gasteiger partial charge on any atom is -0.244 e. The summed E-state index contributed by atoms with van der Waals surface area (Å²) in [5, 5.41) is 2.53. The van der Waals surface area contributed by atoms with E-state index in [0.717, 1.165) is 33.5 Å². The molecule has 0 amide bonds. The molecule has 1 aromatic heterocycles. The third kappa shape index (κ3) is 3.79. The molecule has 0 aliphatic heterocycles. The van der Waals surface area contributed by atoms with Crippen molar-refractivity contribution in [2.45, 2.75) is 19.3 Å². The Balaban J connectivity index is 1.27. The lowest BCUT2D eigenvalue weighted by molar-refractivity contribution is 0.661. The molecule has 1 aliphatic rings. The average molecular weight is 525 g/mol. The van der Waals surface area contributed by atoms with E-state index in [1.807, 2.05) is 30.3 Å². The number of hydrogen-bond donors (Lipinski definition) is 0. The lowest BCUT2D eigenvalue weighted by Gasteiger charge is -2.21. The van der Waals surface area contributed by atoms with Gasteiger partial charge < -0.3 is 0 Å². The van der Waals surface area contributed by atoms with E-state index in [-0.39, 0.29) is 5.41 Å². The zero-order valence-corrected chi connectivity index (χ0v) is 23.1. The standard InChI is InChI=1S/C39H28N2/c1-39(2)33-16-7-6-15-31(33)32-23-30-22-27(19-20-28(30)24-34(32)39)26-13-10-14-29(21-26)38-37(25-11-4-3-5-12-25)40-35-17-8-9-18-36(35)41-38/h3-24H,1-2H3. The van der Waals surface area contributed by atoms with Gasteiger partial charge in [0.1, 0.15) is 0 Å². The molecule has 0 saturated heterocycles. The Morgan fingerprint density at radius 2 is 1.05 bits per heavy atom. The van der Waals surface area contributed by atoms with Crippen LogP contribution in [0.1, 0.15) is 25.0 Å². The van der Waals surface area contributed by atoms with Gasteiger partial charge in [0.2, 0.25) is 0 Å². The van der Waals surface area contributed by atoms with Crippen LogP contribution in [-0.4, -0.2) is 9.97 Å². The summed E-state index contributed by atoms with van der Waals surface area (Å²) in [5.41, 5.74) is 13.6. The average Bonchev–Trinajstić information content (AvgIpc) is 3.25. The molecule has 7 aromatic rings. The quantitative estimate of drug-likeness (QED) is 0.230. The molecule has 0 bridgehead atoms. The highest BCUT2D eigenvalue weighted by Crippen LogP contribution is 2.49. The molecule has 0 unspecified atom stereocenters. The summed E-state index contributed by atoms with van der Waals surface area (Å²) in [6.45, 7) is 4.67. The molecule has 0 spiro atoms. The maximum atomic E-state index is 5.12. The van der Waals surface area contributed by atoms with E-state index in [1.165, 1.54) is 44.2 Å². The van der Waals surface area contributed by atoms with Crippen molar-refractivity contribution >= 4 is 21.8 Å². The fourth-order valence-electron chi connectivity index (χ4n) is 6.47. The second-order valence-electron chi connectivity index (χ2n) is 11.5. The minimum atomic E-state index is 0.00444. The first-order chi connectivity index (χ1) is 20.1. The second kappa shape index (κ2) is 8.97. The summed E-state index contributed by atoms with van der Waals surface area (Å²) < 4.78 is 0. The molecule has 0 atom stereocenters. The first kappa shape index (κ1) is 23.8. The van der Waals surface area contributed by atoms with Crippen molar-refractivity contribution in [3.05, 3.63) is 145 Å². The van der Waals surface area contributed by atoms with Gasteiger partial charge in [-0.2, -0.15) is 0 Å². The number of benzene rings is 6. The van der Waals surface area contributed by atoms with Crippen LogP contribution in [0, 0.1) is 0 Å². The van der Waals surface area contributed by atoms with Crippen molar-refractivity contribution in [1.82, 2.24) is 9.97 Å². The predicted molar refractivity (Wildman–Crippen MR) is 171 cm³/mol. The fraction of sp³-hybridized carbons (Fsp3) is 0.0769. The van der Waals surface area contributed by atoms with Crippen LogP contribution < -0.4 is 0 Å². The first-order valence-electron chi connectivity index (χ1n) is 14.2. The van der Waals surface area contributed by atoms with Gasteiger partial charge in [-0.15, -0.1) is 0 Å². The summed E-state index contributed by atoms with van der Waals surface area (Å²) in [6.07, 6.45) is 0. The van der Waals surface area contributed by atoms with Crippen LogP contribution in [-0.2, 0) is 5.41 Å². The van der Waals surface area contributed by atoms with Crippen molar-refractivity contribution < 1.29 is 0 Å². The van der Waals surface area contributed by atoms with Gasteiger partial charge in [0.05, 0.1) is 22.4 Å². The maximum Gasteiger partial charge on any atom is 0.0973 e. The molecule has 194 valence electrons. The second-order valence-corrected chi connectivity index (χ2v) is 11.5. The molecule has 2 nitrogen and oxygen atoms in total. The molecule has 0 saturated carbocycles. The molecular formula is C39H28N2. The number of fused-ring (bicyclic) bond motifs is 5. The predicted octanol–water partition coefficient (Wildman–Crippen LogP) is 10.1. The molecule has 1 aliphatic carbocycles. The highest BCUT2D eigenvalue weighted by Gasteiger charge is 2.35. The van der Waals surface area contributed by atoms with E-state index in [2.05, 4.69) is 117 Å². The monoisotopic (exact) mass is 524 g/mol. The van der Waals surface area contributed by atoms with Crippen molar-refractivity contribution in [1.29, 1.82) is 0 Å². The van der Waals surface area contributed by atoms with Crippen LogP contribution in [0.3, 0.4) is 0 Å². The van der Waals surface area contributed by atoms with Gasteiger partial charge in [-0.3, -0.25) is 0 Å². The Morgan fingerprint density at radius 1 is 0.415 bits per heavy atom. The van der Waals surface area contributed by atoms with Gasteiger partial charge in [-0.25, -0.2) is 9.97 Å². The normalized spacial score (nSPS) is 13.3. The largest absolute Gasteiger partial charge is 0.244 e. The third-order valence-electron chi connectivity index (χ3n) is 8.63. The highest BCUT2D eigenvalue weighted by atomic mass is 14.8. The van der Waals surface area contributed by atoms with E-state index in [4.69, 9.17) is 9.97 Å². The number of aromatic nitrogens is 2. The van der Waals surface area contributed by atoms with Gasteiger partial charge in [0, 0.05) is 16.5 Å². The van der Waals surface area contributed by atoms with E-state index < -0.39 is 0 Å². The molecule has 6 aromatic carbocycles. The zero-order valence-electron chi connectivity index (χ0n) is 23.1. The SMILES string of the molecule is CC1(C)c2ccccc2-c2cc3cc(-c4cccc(-c5nc6ccccc6nc5-c5ccccc5)c4)ccc3cc21. The lowest BCUT2D eigenvalue weighted by atomic mass is 9.82. The number of hydrogen-bond acceptors (Lipinski definition) is 2. The molecule has 1 heterocycles. The summed E-state index contributed by atoms with van der Waals surface area (Å²) in [6, 6.07) is 47.6. The van der Waals surface area contributed by atoms with Gasteiger partial charge in [-0.05, 0) is 80.6 Å². The fourth-order valence-corrected chi connectivity index (χ4v) is 6.47. The summed E-state index contributed by atoms with van der Waals surface area (Å²) >= 11 is 0. The van der Waals surface area contributed by atoms with Crippen LogP contribution in [0.4, 0.5) is 0 Å². The van der Waals surface area contributed by atoms with Crippen molar-refractivity contribution in [2.24, 2.45) is 0 Å².